The lowest BCUT2D eigenvalue weighted by Crippen LogP contribution is -1.89. The third-order valence-corrected chi connectivity index (χ3v) is 1.32. The fourth-order valence-corrected chi connectivity index (χ4v) is 0.692. The Morgan fingerprint density at radius 3 is 2.80 bits per heavy atom. The summed E-state index contributed by atoms with van der Waals surface area (Å²) in [6.45, 7) is 2.11. The van der Waals surface area contributed by atoms with Crippen molar-refractivity contribution in [3.8, 4) is 6.07 Å². The molecule has 0 spiro atoms. The van der Waals surface area contributed by atoms with Crippen molar-refractivity contribution in [3.63, 3.8) is 0 Å². The summed E-state index contributed by atoms with van der Waals surface area (Å²) in [5, 5.41) is 16.9. The van der Waals surface area contributed by atoms with Gasteiger partial charge in [0.05, 0.1) is 12.7 Å². The molecule has 0 heterocycles. The Hall–Kier alpha value is -0.810. The van der Waals surface area contributed by atoms with Crippen LogP contribution >= 0.6 is 0 Å². The first-order chi connectivity index (χ1) is 4.85. The summed E-state index contributed by atoms with van der Waals surface area (Å²) >= 11 is 0. The normalized spacial score (nSPS) is 11.1. The molecular weight excluding hydrogens is 126 g/mol. The number of nitriles is 1. The number of unbranched alkanes of at least 4 members (excludes halogenated alkanes) is 1. The summed E-state index contributed by atoms with van der Waals surface area (Å²) in [4.78, 5) is 0. The van der Waals surface area contributed by atoms with E-state index in [-0.39, 0.29) is 6.61 Å². The highest BCUT2D eigenvalue weighted by Crippen LogP contribution is 2.04. The van der Waals surface area contributed by atoms with Crippen molar-refractivity contribution >= 4 is 0 Å². The van der Waals surface area contributed by atoms with Crippen LogP contribution in [0.3, 0.4) is 0 Å². The van der Waals surface area contributed by atoms with Gasteiger partial charge >= 0.3 is 0 Å². The van der Waals surface area contributed by atoms with Gasteiger partial charge in [0.25, 0.3) is 0 Å². The molecule has 0 atom stereocenters. The van der Waals surface area contributed by atoms with Gasteiger partial charge in [0.1, 0.15) is 0 Å². The Balaban J connectivity index is 3.63. The number of aliphatic hydroxyl groups excluding tert-OH is 1. The molecule has 0 radical (unpaired) electrons. The van der Waals surface area contributed by atoms with E-state index in [2.05, 4.69) is 6.92 Å². The summed E-state index contributed by atoms with van der Waals surface area (Å²) in [7, 11) is 0. The fourth-order valence-electron chi connectivity index (χ4n) is 0.692. The summed E-state index contributed by atoms with van der Waals surface area (Å²) in [6.07, 6.45) is 4.42. The number of hydrogen-bond acceptors (Lipinski definition) is 2. The topological polar surface area (TPSA) is 44.0 Å². The zero-order valence-electron chi connectivity index (χ0n) is 6.30. The fraction of sp³-hybridized carbons (Fsp3) is 0.625. The Labute approximate surface area is 61.8 Å². The number of allylic oxidation sites excluding steroid dienone is 1. The third kappa shape index (κ3) is 4.11. The second kappa shape index (κ2) is 6.31. The van der Waals surface area contributed by atoms with Crippen LogP contribution in [-0.2, 0) is 0 Å². The molecule has 0 aromatic heterocycles. The summed E-state index contributed by atoms with van der Waals surface area (Å²) in [5.41, 5.74) is 0.837. The lowest BCUT2D eigenvalue weighted by atomic mass is 10.1. The average molecular weight is 139 g/mol. The zero-order chi connectivity index (χ0) is 7.82. The Morgan fingerprint density at radius 2 is 2.40 bits per heavy atom. The van der Waals surface area contributed by atoms with E-state index in [9.17, 15) is 0 Å². The van der Waals surface area contributed by atoms with Gasteiger partial charge in [0, 0.05) is 6.08 Å². The molecule has 10 heavy (non-hydrogen) atoms. The van der Waals surface area contributed by atoms with Crippen LogP contribution in [0.5, 0.6) is 0 Å². The smallest absolute Gasteiger partial charge is 0.0912 e. The van der Waals surface area contributed by atoms with Crippen molar-refractivity contribution < 1.29 is 5.11 Å². The predicted octanol–water partition coefficient (Wildman–Crippen LogP) is 1.62. The molecule has 0 amide bonds. The number of hydrogen-bond donors (Lipinski definition) is 1. The van der Waals surface area contributed by atoms with Crippen LogP contribution in [0.4, 0.5) is 0 Å². The minimum Gasteiger partial charge on any atom is -0.392 e. The maximum Gasteiger partial charge on any atom is 0.0912 e. The lowest BCUT2D eigenvalue weighted by Gasteiger charge is -1.98. The van der Waals surface area contributed by atoms with Crippen molar-refractivity contribution in [2.24, 2.45) is 0 Å². The van der Waals surface area contributed by atoms with Crippen LogP contribution < -0.4 is 0 Å². The first-order valence-corrected chi connectivity index (χ1v) is 3.53. The van der Waals surface area contributed by atoms with Gasteiger partial charge in [0.15, 0.2) is 0 Å². The highest BCUT2D eigenvalue weighted by atomic mass is 16.3. The largest absolute Gasteiger partial charge is 0.392 e. The van der Waals surface area contributed by atoms with Gasteiger partial charge in [0.2, 0.25) is 0 Å². The van der Waals surface area contributed by atoms with Gasteiger partial charge in [-0.15, -0.1) is 0 Å². The molecule has 0 saturated carbocycles. The minimum absolute atomic E-state index is 0.0214. The first kappa shape index (κ1) is 9.19. The van der Waals surface area contributed by atoms with Gasteiger partial charge in [-0.3, -0.25) is 0 Å². The molecule has 0 aromatic rings. The van der Waals surface area contributed by atoms with Crippen molar-refractivity contribution in [3.05, 3.63) is 11.6 Å². The summed E-state index contributed by atoms with van der Waals surface area (Å²) in [5.74, 6) is 0. The van der Waals surface area contributed by atoms with Gasteiger partial charge < -0.3 is 5.11 Å². The number of aliphatic hydroxyl groups is 1. The Kier molecular flexibility index (Phi) is 5.80. The molecule has 2 nitrogen and oxygen atoms in total. The van der Waals surface area contributed by atoms with Crippen LogP contribution in [0, 0.1) is 11.3 Å². The van der Waals surface area contributed by atoms with E-state index >= 15 is 0 Å². The second-order valence-corrected chi connectivity index (χ2v) is 2.19. The Morgan fingerprint density at radius 1 is 1.70 bits per heavy atom. The monoisotopic (exact) mass is 139 g/mol. The molecule has 56 valence electrons. The van der Waals surface area contributed by atoms with Crippen LogP contribution in [0.1, 0.15) is 26.2 Å². The van der Waals surface area contributed by atoms with Crippen LogP contribution in [0.15, 0.2) is 11.6 Å². The molecule has 1 N–H and O–H groups in total. The quantitative estimate of drug-likeness (QED) is 0.601. The maximum atomic E-state index is 8.66. The van der Waals surface area contributed by atoms with Crippen LogP contribution in [0.2, 0.25) is 0 Å². The van der Waals surface area contributed by atoms with Gasteiger partial charge in [-0.25, -0.2) is 0 Å². The maximum absolute atomic E-state index is 8.66. The third-order valence-electron chi connectivity index (χ3n) is 1.32. The van der Waals surface area contributed by atoms with E-state index in [0.717, 1.165) is 24.8 Å². The van der Waals surface area contributed by atoms with Gasteiger partial charge in [-0.2, -0.15) is 5.26 Å². The molecule has 0 aliphatic heterocycles. The molecule has 0 aromatic carbocycles. The molecule has 0 fully saturated rings. The van der Waals surface area contributed by atoms with E-state index in [0.29, 0.717) is 0 Å². The molecule has 0 aliphatic rings. The highest BCUT2D eigenvalue weighted by Gasteiger charge is 1.92. The Bertz CT molecular complexity index is 144. The predicted molar refractivity (Wildman–Crippen MR) is 40.3 cm³/mol. The molecule has 0 unspecified atom stereocenters. The van der Waals surface area contributed by atoms with Crippen LogP contribution in [-0.4, -0.2) is 11.7 Å². The summed E-state index contributed by atoms with van der Waals surface area (Å²) < 4.78 is 0. The van der Waals surface area contributed by atoms with Crippen molar-refractivity contribution in [1.82, 2.24) is 0 Å². The number of nitrogens with zero attached hydrogens (tertiary/aromatic N) is 1. The molecule has 0 aliphatic carbocycles. The molecular formula is C8H13NO. The van der Waals surface area contributed by atoms with Gasteiger partial charge in [-0.05, 0) is 18.4 Å². The van der Waals surface area contributed by atoms with E-state index in [1.54, 1.807) is 0 Å². The van der Waals surface area contributed by atoms with E-state index in [1.165, 1.54) is 6.08 Å². The van der Waals surface area contributed by atoms with Gasteiger partial charge in [-0.1, -0.05) is 13.3 Å². The summed E-state index contributed by atoms with van der Waals surface area (Å²) in [6, 6.07) is 1.91. The number of rotatable bonds is 4. The lowest BCUT2D eigenvalue weighted by molar-refractivity contribution is 0.326. The second-order valence-electron chi connectivity index (χ2n) is 2.19. The standard InChI is InChI=1S/C8H13NO/c1-2-3-4-8(7-10)5-6-9/h5,10H,2-4,7H2,1H3/b8-5+. The SMILES string of the molecule is CCCC/C(=C\C#N)CO. The van der Waals surface area contributed by atoms with E-state index in [1.807, 2.05) is 6.07 Å². The minimum atomic E-state index is 0.0214. The van der Waals surface area contributed by atoms with Crippen LogP contribution in [0.25, 0.3) is 0 Å². The molecule has 2 heteroatoms. The molecule has 0 bridgehead atoms. The van der Waals surface area contributed by atoms with E-state index < -0.39 is 0 Å². The van der Waals surface area contributed by atoms with Crippen molar-refractivity contribution in [2.45, 2.75) is 26.2 Å². The van der Waals surface area contributed by atoms with Crippen molar-refractivity contribution in [1.29, 1.82) is 5.26 Å². The first-order valence-electron chi connectivity index (χ1n) is 3.53. The highest BCUT2D eigenvalue weighted by molar-refractivity contribution is 5.13. The van der Waals surface area contributed by atoms with Crippen molar-refractivity contribution in [2.75, 3.05) is 6.61 Å². The van der Waals surface area contributed by atoms with E-state index in [4.69, 9.17) is 10.4 Å². The molecule has 0 rings (SSSR count). The zero-order valence-corrected chi connectivity index (χ0v) is 6.30. The average Bonchev–Trinajstić information content (AvgIpc) is 1.98. The molecule has 0 saturated heterocycles.